The van der Waals surface area contributed by atoms with Crippen LogP contribution in [0.2, 0.25) is 0 Å². The van der Waals surface area contributed by atoms with Crippen LogP contribution >= 0.6 is 0 Å². The molecule has 2 aromatic rings. The van der Waals surface area contributed by atoms with Gasteiger partial charge in [0, 0.05) is 17.8 Å². The first-order valence-electron chi connectivity index (χ1n) is 10.4. The number of nitrogens with zero attached hydrogens (tertiary/aromatic N) is 3. The fourth-order valence-electron chi connectivity index (χ4n) is 3.53. The zero-order valence-corrected chi connectivity index (χ0v) is 17.8. The van der Waals surface area contributed by atoms with Crippen molar-refractivity contribution in [1.29, 1.82) is 5.26 Å². The molecule has 1 aromatic carbocycles. The molecule has 166 valence electrons. The molecule has 0 aliphatic heterocycles. The Morgan fingerprint density at radius 1 is 1.34 bits per heavy atom. The van der Waals surface area contributed by atoms with Crippen LogP contribution in [0, 0.1) is 11.3 Å². The van der Waals surface area contributed by atoms with Gasteiger partial charge in [-0.3, -0.25) is 4.79 Å². The predicted molar refractivity (Wildman–Crippen MR) is 125 cm³/mol. The summed E-state index contributed by atoms with van der Waals surface area (Å²) in [6.07, 6.45) is 7.11. The van der Waals surface area contributed by atoms with Crippen molar-refractivity contribution in [3.8, 4) is 6.07 Å². The van der Waals surface area contributed by atoms with E-state index in [-0.39, 0.29) is 29.0 Å². The second-order valence-electron chi connectivity index (χ2n) is 7.53. The summed E-state index contributed by atoms with van der Waals surface area (Å²) < 4.78 is 0. The largest absolute Gasteiger partial charge is 0.392 e. The summed E-state index contributed by atoms with van der Waals surface area (Å²) in [5.41, 5.74) is 13.6. The lowest BCUT2D eigenvalue weighted by Gasteiger charge is -2.30. The third kappa shape index (κ3) is 5.83. The maximum atomic E-state index is 12.0. The van der Waals surface area contributed by atoms with E-state index in [1.54, 1.807) is 12.3 Å². The van der Waals surface area contributed by atoms with Crippen molar-refractivity contribution in [2.75, 3.05) is 17.2 Å². The number of anilines is 3. The van der Waals surface area contributed by atoms with Crippen LogP contribution in [0.1, 0.15) is 47.2 Å². The zero-order chi connectivity index (χ0) is 22.9. The molecule has 9 heteroatoms. The van der Waals surface area contributed by atoms with Gasteiger partial charge in [-0.05, 0) is 36.6 Å². The van der Waals surface area contributed by atoms with Gasteiger partial charge in [0.05, 0.1) is 17.3 Å². The summed E-state index contributed by atoms with van der Waals surface area (Å²) in [6.45, 7) is 3.87. The van der Waals surface area contributed by atoms with Crippen LogP contribution < -0.4 is 22.1 Å². The number of benzene rings is 1. The van der Waals surface area contributed by atoms with Gasteiger partial charge in [0.2, 0.25) is 0 Å². The summed E-state index contributed by atoms with van der Waals surface area (Å²) in [7, 11) is 0. The minimum Gasteiger partial charge on any atom is -0.392 e. The van der Waals surface area contributed by atoms with E-state index in [0.29, 0.717) is 18.1 Å². The molecule has 0 bridgehead atoms. The van der Waals surface area contributed by atoms with Gasteiger partial charge in [-0.2, -0.15) is 5.26 Å². The number of nitrogens with two attached hydrogens (primary N) is 2. The highest BCUT2D eigenvalue weighted by Crippen LogP contribution is 2.27. The van der Waals surface area contributed by atoms with Gasteiger partial charge in [-0.25, -0.2) is 4.98 Å². The number of amides is 1. The average Bonchev–Trinajstić information content (AvgIpc) is 2.78. The highest BCUT2D eigenvalue weighted by Gasteiger charge is 2.24. The molecule has 0 radical (unpaired) electrons. The van der Waals surface area contributed by atoms with E-state index in [1.807, 2.05) is 24.3 Å². The van der Waals surface area contributed by atoms with Gasteiger partial charge < -0.3 is 26.9 Å². The molecule has 1 aromatic heterocycles. The molecule has 0 spiro atoms. The van der Waals surface area contributed by atoms with Crippen LogP contribution in [0.5, 0.6) is 0 Å². The molecule has 1 heterocycles. The first-order chi connectivity index (χ1) is 15.5. The van der Waals surface area contributed by atoms with Gasteiger partial charge in [-0.1, -0.05) is 42.8 Å². The van der Waals surface area contributed by atoms with Crippen molar-refractivity contribution < 1.29 is 9.63 Å². The number of oxime groups is 1. The average molecular weight is 434 g/mol. The Kier molecular flexibility index (Phi) is 7.78. The van der Waals surface area contributed by atoms with Crippen molar-refractivity contribution in [2.24, 2.45) is 16.6 Å². The number of nitrogens with one attached hydrogen (secondary N) is 2. The third-order valence-electron chi connectivity index (χ3n) is 5.17. The van der Waals surface area contributed by atoms with Gasteiger partial charge in [0.25, 0.3) is 5.91 Å². The van der Waals surface area contributed by atoms with Crippen LogP contribution in [-0.4, -0.2) is 35.8 Å². The quantitative estimate of drug-likeness (QED) is 0.205. The second kappa shape index (κ2) is 10.9. The number of hydrogen-bond donors (Lipinski definition) is 4. The molecular weight excluding hydrogens is 406 g/mol. The predicted octanol–water partition coefficient (Wildman–Crippen LogP) is 3.01. The topological polar surface area (TPSA) is 151 Å². The molecule has 1 saturated carbocycles. The Labute approximate surface area is 187 Å². The van der Waals surface area contributed by atoms with E-state index in [2.05, 4.69) is 33.4 Å². The summed E-state index contributed by atoms with van der Waals surface area (Å²) in [4.78, 5) is 21.6. The van der Waals surface area contributed by atoms with Crippen molar-refractivity contribution >= 4 is 29.4 Å². The molecule has 6 N–H and O–H groups in total. The van der Waals surface area contributed by atoms with Crippen molar-refractivity contribution in [3.05, 3.63) is 59.7 Å². The van der Waals surface area contributed by atoms with E-state index in [0.717, 1.165) is 31.2 Å². The van der Waals surface area contributed by atoms with E-state index >= 15 is 0 Å². The van der Waals surface area contributed by atoms with E-state index in [4.69, 9.17) is 16.3 Å². The molecule has 0 saturated heterocycles. The van der Waals surface area contributed by atoms with Crippen LogP contribution in [0.25, 0.3) is 0 Å². The Bertz CT molecular complexity index is 1050. The maximum Gasteiger partial charge on any atom is 0.252 e. The molecule has 2 atom stereocenters. The molecule has 1 aliphatic carbocycles. The monoisotopic (exact) mass is 433 g/mol. The number of carbonyl (C=O) groups excluding carboxylic acids is 1. The number of hydrogen-bond acceptors (Lipinski definition) is 8. The summed E-state index contributed by atoms with van der Waals surface area (Å²) in [6, 6.07) is 10.8. The van der Waals surface area contributed by atoms with Crippen molar-refractivity contribution in [2.45, 2.75) is 37.8 Å². The molecule has 0 unspecified atom stereocenters. The number of carbonyl (C=O) groups is 1. The number of nitriles is 1. The maximum absolute atomic E-state index is 12.0. The molecule has 9 nitrogen and oxygen atoms in total. The van der Waals surface area contributed by atoms with E-state index in [9.17, 15) is 10.1 Å². The molecule has 1 amide bonds. The van der Waals surface area contributed by atoms with Crippen LogP contribution in [-0.2, 0) is 4.84 Å². The first-order valence-corrected chi connectivity index (χ1v) is 10.4. The number of primary amides is 1. The van der Waals surface area contributed by atoms with Crippen LogP contribution in [0.15, 0.2) is 48.1 Å². The smallest absolute Gasteiger partial charge is 0.252 e. The Balaban J connectivity index is 1.89. The Morgan fingerprint density at radius 2 is 2.16 bits per heavy atom. The summed E-state index contributed by atoms with van der Waals surface area (Å²) in [5.74, 6) is -0.0637. The SMILES string of the molecule is C=CCO/N=C/c1cccc(Nc2nc(N[C@@H]3CCCC[C@@H]3N)c(C#N)cc2C(N)=O)c1. The van der Waals surface area contributed by atoms with E-state index < -0.39 is 5.91 Å². The second-order valence-corrected chi connectivity index (χ2v) is 7.53. The number of pyridine rings is 1. The highest BCUT2D eigenvalue weighted by atomic mass is 16.6. The third-order valence-corrected chi connectivity index (χ3v) is 5.17. The fraction of sp³-hybridized carbons (Fsp3) is 0.304. The summed E-state index contributed by atoms with van der Waals surface area (Å²) in [5, 5.41) is 19.9. The molecule has 1 fully saturated rings. The standard InChI is InChI=1S/C23H27N7O2/c1-2-10-32-27-14-15-6-5-7-17(11-15)28-23-18(21(26)31)12-16(13-24)22(30-23)29-20-9-4-3-8-19(20)25/h2,5-7,11-12,14,19-20H,1,3-4,8-10,25H2,(H2,26,31)(H2,28,29,30)/b27-14+/t19-,20+/m0/s1. The van der Waals surface area contributed by atoms with Crippen molar-refractivity contribution in [1.82, 2.24) is 4.98 Å². The number of rotatable bonds is 9. The Hall–Kier alpha value is -3.90. The lowest BCUT2D eigenvalue weighted by Crippen LogP contribution is -2.43. The minimum atomic E-state index is -0.687. The summed E-state index contributed by atoms with van der Waals surface area (Å²) >= 11 is 0. The van der Waals surface area contributed by atoms with Gasteiger partial charge in [0.1, 0.15) is 24.3 Å². The van der Waals surface area contributed by atoms with Gasteiger partial charge >= 0.3 is 0 Å². The number of aromatic nitrogens is 1. The lowest BCUT2D eigenvalue weighted by molar-refractivity contribution is 0.100. The van der Waals surface area contributed by atoms with Crippen LogP contribution in [0.4, 0.5) is 17.3 Å². The normalized spacial score (nSPS) is 18.0. The fourth-order valence-corrected chi connectivity index (χ4v) is 3.53. The minimum absolute atomic E-state index is 0.00531. The van der Waals surface area contributed by atoms with Gasteiger partial charge in [-0.15, -0.1) is 0 Å². The van der Waals surface area contributed by atoms with E-state index in [1.165, 1.54) is 6.07 Å². The van der Waals surface area contributed by atoms with Gasteiger partial charge in [0.15, 0.2) is 0 Å². The highest BCUT2D eigenvalue weighted by molar-refractivity contribution is 5.99. The molecule has 32 heavy (non-hydrogen) atoms. The molecular formula is C23H27N7O2. The molecule has 1 aliphatic rings. The van der Waals surface area contributed by atoms with Crippen LogP contribution in [0.3, 0.4) is 0 Å². The Morgan fingerprint density at radius 3 is 2.88 bits per heavy atom. The lowest BCUT2D eigenvalue weighted by atomic mass is 9.91. The molecule has 3 rings (SSSR count). The zero-order valence-electron chi connectivity index (χ0n) is 17.8. The first kappa shape index (κ1) is 22.8. The van der Waals surface area contributed by atoms with Crippen molar-refractivity contribution in [3.63, 3.8) is 0 Å².